The number of carbonyl (C=O) groups excluding carboxylic acids is 1. The van der Waals surface area contributed by atoms with Crippen molar-refractivity contribution in [3.8, 4) is 6.07 Å². The zero-order valence-corrected chi connectivity index (χ0v) is 7.54. The fourth-order valence-electron chi connectivity index (χ4n) is 1.20. The summed E-state index contributed by atoms with van der Waals surface area (Å²) in [5.74, 6) is -0.564. The topological polar surface area (TPSA) is 62.1 Å². The first kappa shape index (κ1) is 9.75. The number of ether oxygens (including phenoxy) is 1. The number of hydrogen-bond donors (Lipinski definition) is 1. The van der Waals surface area contributed by atoms with Crippen LogP contribution in [0.25, 0.3) is 0 Å². The van der Waals surface area contributed by atoms with Crippen LogP contribution in [-0.4, -0.2) is 25.7 Å². The summed E-state index contributed by atoms with van der Waals surface area (Å²) in [6.45, 7) is 3.25. The van der Waals surface area contributed by atoms with Crippen LogP contribution >= 0.6 is 0 Å². The summed E-state index contributed by atoms with van der Waals surface area (Å²) in [5, 5.41) is 11.6. The molecule has 0 saturated heterocycles. The highest BCUT2D eigenvalue weighted by Gasteiger charge is 2.20. The van der Waals surface area contributed by atoms with Crippen LogP contribution in [0, 0.1) is 17.2 Å². The van der Waals surface area contributed by atoms with Gasteiger partial charge in [-0.3, -0.25) is 4.79 Å². The Morgan fingerprint density at radius 2 is 2.69 bits per heavy atom. The van der Waals surface area contributed by atoms with Crippen molar-refractivity contribution < 1.29 is 9.53 Å². The first-order chi connectivity index (χ1) is 6.27. The molecular weight excluding hydrogens is 168 g/mol. The second-order valence-electron chi connectivity index (χ2n) is 2.79. The van der Waals surface area contributed by atoms with Gasteiger partial charge in [-0.25, -0.2) is 0 Å². The lowest BCUT2D eigenvalue weighted by Crippen LogP contribution is -2.34. The van der Waals surface area contributed by atoms with Gasteiger partial charge in [-0.1, -0.05) is 6.08 Å². The van der Waals surface area contributed by atoms with Gasteiger partial charge in [0, 0.05) is 18.7 Å². The molecule has 0 amide bonds. The summed E-state index contributed by atoms with van der Waals surface area (Å²) in [6, 6.07) is 2.02. The number of nitrogens with zero attached hydrogens (tertiary/aromatic N) is 1. The van der Waals surface area contributed by atoms with Gasteiger partial charge in [0.2, 0.25) is 0 Å². The summed E-state index contributed by atoms with van der Waals surface area (Å²) in [5.41, 5.74) is 0.601. The molecule has 1 atom stereocenters. The molecule has 0 aromatic heterocycles. The van der Waals surface area contributed by atoms with Crippen LogP contribution in [0.2, 0.25) is 0 Å². The van der Waals surface area contributed by atoms with Crippen LogP contribution in [0.5, 0.6) is 0 Å². The summed E-state index contributed by atoms with van der Waals surface area (Å²) >= 11 is 0. The fourth-order valence-corrected chi connectivity index (χ4v) is 1.20. The third-order valence-corrected chi connectivity index (χ3v) is 1.82. The van der Waals surface area contributed by atoms with Gasteiger partial charge in [0.05, 0.1) is 18.6 Å². The van der Waals surface area contributed by atoms with Crippen molar-refractivity contribution >= 4 is 5.97 Å². The number of esters is 1. The van der Waals surface area contributed by atoms with Crippen molar-refractivity contribution in [2.24, 2.45) is 5.92 Å². The van der Waals surface area contributed by atoms with Crippen molar-refractivity contribution in [3.05, 3.63) is 11.6 Å². The van der Waals surface area contributed by atoms with Crippen LogP contribution in [0.4, 0.5) is 0 Å². The third kappa shape index (κ3) is 2.56. The van der Waals surface area contributed by atoms with E-state index in [1.54, 1.807) is 13.0 Å². The number of hydrogen-bond acceptors (Lipinski definition) is 4. The molecule has 13 heavy (non-hydrogen) atoms. The number of rotatable bonds is 2. The highest BCUT2D eigenvalue weighted by atomic mass is 16.5. The predicted octanol–water partition coefficient (Wildman–Crippen LogP) is 0.219. The Bertz CT molecular complexity index is 265. The van der Waals surface area contributed by atoms with Gasteiger partial charge in [-0.2, -0.15) is 5.26 Å². The molecule has 0 aliphatic carbocycles. The molecule has 1 heterocycles. The molecule has 70 valence electrons. The van der Waals surface area contributed by atoms with Gasteiger partial charge >= 0.3 is 5.97 Å². The monoisotopic (exact) mass is 180 g/mol. The van der Waals surface area contributed by atoms with E-state index in [-0.39, 0.29) is 11.9 Å². The zero-order valence-electron chi connectivity index (χ0n) is 7.54. The fraction of sp³-hybridized carbons (Fsp3) is 0.556. The lowest BCUT2D eigenvalue weighted by molar-refractivity contribution is -0.146. The smallest absolute Gasteiger partial charge is 0.314 e. The number of nitrogens with one attached hydrogen (secondary N) is 1. The van der Waals surface area contributed by atoms with Crippen molar-refractivity contribution in [1.82, 2.24) is 5.32 Å². The average Bonchev–Trinajstić information content (AvgIpc) is 2.18. The van der Waals surface area contributed by atoms with E-state index in [4.69, 9.17) is 10.00 Å². The Kier molecular flexibility index (Phi) is 3.47. The second-order valence-corrected chi connectivity index (χ2v) is 2.79. The van der Waals surface area contributed by atoms with E-state index >= 15 is 0 Å². The van der Waals surface area contributed by atoms with E-state index in [0.29, 0.717) is 25.3 Å². The maximum atomic E-state index is 11.2. The molecular formula is C9H12N2O2. The summed E-state index contributed by atoms with van der Waals surface area (Å²) < 4.78 is 4.84. The Morgan fingerprint density at radius 3 is 3.31 bits per heavy atom. The number of nitriles is 1. The molecule has 0 aromatic carbocycles. The predicted molar refractivity (Wildman–Crippen MR) is 46.7 cm³/mol. The van der Waals surface area contributed by atoms with Crippen molar-refractivity contribution in [2.45, 2.75) is 6.92 Å². The van der Waals surface area contributed by atoms with Crippen LogP contribution in [0.3, 0.4) is 0 Å². The zero-order chi connectivity index (χ0) is 9.68. The maximum Gasteiger partial charge on any atom is 0.314 e. The molecule has 1 unspecified atom stereocenters. The molecule has 1 aliphatic rings. The molecule has 0 saturated carbocycles. The summed E-state index contributed by atoms with van der Waals surface area (Å²) in [7, 11) is 0. The molecule has 4 heteroatoms. The lowest BCUT2D eigenvalue weighted by atomic mass is 10.0. The van der Waals surface area contributed by atoms with Gasteiger partial charge < -0.3 is 10.1 Å². The molecule has 1 aliphatic heterocycles. The Balaban J connectivity index is 2.61. The number of carbonyl (C=O) groups is 1. The highest BCUT2D eigenvalue weighted by Crippen LogP contribution is 2.09. The first-order valence-corrected chi connectivity index (χ1v) is 4.26. The highest BCUT2D eigenvalue weighted by molar-refractivity contribution is 5.75. The van der Waals surface area contributed by atoms with Gasteiger partial charge in [0.1, 0.15) is 0 Å². The maximum absolute atomic E-state index is 11.2. The van der Waals surface area contributed by atoms with E-state index < -0.39 is 0 Å². The average molecular weight is 180 g/mol. The van der Waals surface area contributed by atoms with Crippen LogP contribution < -0.4 is 5.32 Å². The van der Waals surface area contributed by atoms with E-state index in [0.717, 1.165) is 0 Å². The lowest BCUT2D eigenvalue weighted by Gasteiger charge is -2.17. The largest absolute Gasteiger partial charge is 0.466 e. The van der Waals surface area contributed by atoms with E-state index in [1.165, 1.54) is 0 Å². The molecule has 0 fully saturated rings. The minimum Gasteiger partial charge on any atom is -0.466 e. The van der Waals surface area contributed by atoms with E-state index in [2.05, 4.69) is 5.32 Å². The van der Waals surface area contributed by atoms with Gasteiger partial charge in [-0.15, -0.1) is 0 Å². The summed E-state index contributed by atoms with van der Waals surface area (Å²) in [4.78, 5) is 11.2. The van der Waals surface area contributed by atoms with Crippen LogP contribution in [0.1, 0.15) is 6.92 Å². The van der Waals surface area contributed by atoms with Gasteiger partial charge in [-0.05, 0) is 6.92 Å². The molecule has 1 N–H and O–H groups in total. The molecule has 0 bridgehead atoms. The molecule has 0 aromatic rings. The van der Waals surface area contributed by atoms with E-state index in [9.17, 15) is 4.79 Å². The van der Waals surface area contributed by atoms with Gasteiger partial charge in [0.25, 0.3) is 0 Å². The van der Waals surface area contributed by atoms with E-state index in [1.807, 2.05) is 6.07 Å². The summed E-state index contributed by atoms with van der Waals surface area (Å²) in [6.07, 6.45) is 1.68. The molecule has 0 radical (unpaired) electrons. The quantitative estimate of drug-likeness (QED) is 0.617. The van der Waals surface area contributed by atoms with Crippen molar-refractivity contribution in [1.29, 1.82) is 5.26 Å². The van der Waals surface area contributed by atoms with Crippen molar-refractivity contribution in [2.75, 3.05) is 19.7 Å². The standard InChI is InChI=1S/C9H12N2O2/c1-2-13-9(12)8-3-7(4-10)5-11-6-8/h3,8,11H,2,5-6H2,1H3. The molecule has 1 rings (SSSR count). The Labute approximate surface area is 77.2 Å². The SMILES string of the molecule is CCOC(=O)C1C=C(C#N)CNC1. The van der Waals surface area contributed by atoms with Crippen LogP contribution in [0.15, 0.2) is 11.6 Å². The van der Waals surface area contributed by atoms with Gasteiger partial charge in [0.15, 0.2) is 0 Å². The second kappa shape index (κ2) is 4.63. The minimum absolute atomic E-state index is 0.262. The Morgan fingerprint density at radius 1 is 1.92 bits per heavy atom. The third-order valence-electron chi connectivity index (χ3n) is 1.82. The first-order valence-electron chi connectivity index (χ1n) is 4.26. The molecule has 4 nitrogen and oxygen atoms in total. The molecule has 0 spiro atoms. The van der Waals surface area contributed by atoms with Crippen LogP contribution in [-0.2, 0) is 9.53 Å². The minimum atomic E-state index is -0.302. The Hall–Kier alpha value is -1.34. The normalized spacial score (nSPS) is 21.5. The van der Waals surface area contributed by atoms with Crippen molar-refractivity contribution in [3.63, 3.8) is 0 Å².